The molecule has 0 atom stereocenters. The highest BCUT2D eigenvalue weighted by molar-refractivity contribution is 5.85. The summed E-state index contributed by atoms with van der Waals surface area (Å²) in [6.45, 7) is 3.79. The Morgan fingerprint density at radius 1 is 1.12 bits per heavy atom. The largest absolute Gasteiger partial charge is 0.378 e. The van der Waals surface area contributed by atoms with Crippen LogP contribution in [0.15, 0.2) is 0 Å². The molecule has 0 aromatic heterocycles. The Kier molecular flexibility index (Phi) is 10.3. The van der Waals surface area contributed by atoms with E-state index in [4.69, 9.17) is 10.5 Å². The number of amides is 2. The highest BCUT2D eigenvalue weighted by Crippen LogP contribution is 2.16. The zero-order chi connectivity index (χ0) is 16.5. The average molecular weight is 362 g/mol. The van der Waals surface area contributed by atoms with E-state index in [-0.39, 0.29) is 36.9 Å². The number of carbonyl (C=O) groups excluding carboxylic acids is 2. The highest BCUT2D eigenvalue weighted by Gasteiger charge is 2.26. The van der Waals surface area contributed by atoms with Gasteiger partial charge >= 0.3 is 0 Å². The fourth-order valence-electron chi connectivity index (χ4n) is 3.25. The fourth-order valence-corrected chi connectivity index (χ4v) is 3.25. The van der Waals surface area contributed by atoms with E-state index in [0.717, 1.165) is 64.6 Å². The van der Waals surface area contributed by atoms with Gasteiger partial charge < -0.3 is 20.3 Å². The minimum atomic E-state index is 0. The minimum absolute atomic E-state index is 0. The first kappa shape index (κ1) is 21.2. The van der Waals surface area contributed by atoms with E-state index < -0.39 is 0 Å². The molecular weight excluding hydrogens is 330 g/mol. The van der Waals surface area contributed by atoms with Gasteiger partial charge in [-0.2, -0.15) is 0 Å². The molecule has 0 saturated carbocycles. The fraction of sp³-hybridized carbons (Fsp3) is 0.882. The molecule has 0 spiro atoms. The van der Waals surface area contributed by atoms with E-state index >= 15 is 0 Å². The van der Waals surface area contributed by atoms with Crippen molar-refractivity contribution in [2.45, 2.75) is 57.5 Å². The molecule has 2 rings (SSSR count). The van der Waals surface area contributed by atoms with Gasteiger partial charge in [0.15, 0.2) is 0 Å². The van der Waals surface area contributed by atoms with Crippen molar-refractivity contribution in [1.29, 1.82) is 0 Å². The second-order valence-corrected chi connectivity index (χ2v) is 6.57. The minimum Gasteiger partial charge on any atom is -0.378 e. The van der Waals surface area contributed by atoms with E-state index in [2.05, 4.69) is 0 Å². The van der Waals surface area contributed by atoms with Crippen molar-refractivity contribution in [2.75, 3.05) is 39.3 Å². The molecule has 0 bridgehead atoms. The number of halogens is 1. The Morgan fingerprint density at radius 2 is 1.83 bits per heavy atom. The van der Waals surface area contributed by atoms with E-state index in [9.17, 15) is 9.59 Å². The summed E-state index contributed by atoms with van der Waals surface area (Å²) in [5.74, 6) is 0.220. The molecule has 6 nitrogen and oxygen atoms in total. The van der Waals surface area contributed by atoms with Crippen LogP contribution in [-0.4, -0.2) is 67.0 Å². The maximum Gasteiger partial charge on any atom is 0.242 e. The number of nitrogens with zero attached hydrogens (tertiary/aromatic N) is 2. The number of ether oxygens (including phenoxy) is 1. The first-order valence-corrected chi connectivity index (χ1v) is 9.08. The van der Waals surface area contributed by atoms with Crippen LogP contribution in [0.5, 0.6) is 0 Å². The molecular formula is C17H32ClN3O3. The molecule has 0 radical (unpaired) electrons. The molecule has 2 aliphatic heterocycles. The SMILES string of the molecule is Cl.NCCCOC1CCN(C(=O)CN2CCCCCCC2=O)CC1. The number of piperidine rings is 1. The zero-order valence-electron chi connectivity index (χ0n) is 14.6. The van der Waals surface area contributed by atoms with Crippen molar-refractivity contribution in [1.82, 2.24) is 9.80 Å². The molecule has 2 heterocycles. The van der Waals surface area contributed by atoms with Gasteiger partial charge in [-0.25, -0.2) is 0 Å². The Morgan fingerprint density at radius 3 is 2.54 bits per heavy atom. The lowest BCUT2D eigenvalue weighted by Crippen LogP contribution is -2.47. The van der Waals surface area contributed by atoms with E-state index in [1.807, 2.05) is 4.90 Å². The van der Waals surface area contributed by atoms with Gasteiger partial charge in [-0.15, -0.1) is 12.4 Å². The Bertz CT molecular complexity index is 387. The molecule has 7 heteroatoms. The third-order valence-electron chi connectivity index (χ3n) is 4.74. The molecule has 2 N–H and O–H groups in total. The summed E-state index contributed by atoms with van der Waals surface area (Å²) in [6, 6.07) is 0. The monoisotopic (exact) mass is 361 g/mol. The molecule has 0 aromatic rings. The summed E-state index contributed by atoms with van der Waals surface area (Å²) in [6.07, 6.45) is 7.73. The van der Waals surface area contributed by atoms with Crippen LogP contribution in [-0.2, 0) is 14.3 Å². The number of rotatable bonds is 6. The first-order valence-electron chi connectivity index (χ1n) is 9.08. The molecule has 0 aromatic carbocycles. The molecule has 2 aliphatic rings. The smallest absolute Gasteiger partial charge is 0.242 e. The van der Waals surface area contributed by atoms with Gasteiger partial charge in [0.05, 0.1) is 12.6 Å². The zero-order valence-corrected chi connectivity index (χ0v) is 15.4. The number of hydrogen-bond acceptors (Lipinski definition) is 4. The Hall–Kier alpha value is -0.850. The molecule has 2 fully saturated rings. The normalized spacial score (nSPS) is 20.3. The van der Waals surface area contributed by atoms with Crippen LogP contribution >= 0.6 is 12.4 Å². The second kappa shape index (κ2) is 11.7. The van der Waals surface area contributed by atoms with Crippen LogP contribution < -0.4 is 5.73 Å². The van der Waals surface area contributed by atoms with Crippen LogP contribution in [0.4, 0.5) is 0 Å². The molecule has 2 saturated heterocycles. The number of carbonyl (C=O) groups is 2. The first-order chi connectivity index (χ1) is 11.2. The number of hydrogen-bond donors (Lipinski definition) is 1. The number of likely N-dealkylation sites (tertiary alicyclic amines) is 2. The summed E-state index contributed by atoms with van der Waals surface area (Å²) in [7, 11) is 0. The van der Waals surface area contributed by atoms with Crippen molar-refractivity contribution in [3.63, 3.8) is 0 Å². The van der Waals surface area contributed by atoms with Crippen molar-refractivity contribution >= 4 is 24.2 Å². The predicted octanol–water partition coefficient (Wildman–Crippen LogP) is 1.56. The standard InChI is InChI=1S/C17H31N3O3.ClH/c18-9-5-13-23-15-7-11-19(12-8-15)17(22)14-20-10-4-2-1-3-6-16(20)21;/h15H,1-14,18H2;1H. The molecule has 0 aliphatic carbocycles. The lowest BCUT2D eigenvalue weighted by molar-refractivity contribution is -0.142. The molecule has 24 heavy (non-hydrogen) atoms. The lowest BCUT2D eigenvalue weighted by atomic mass is 10.1. The molecule has 0 unspecified atom stereocenters. The van der Waals surface area contributed by atoms with Crippen LogP contribution in [0.3, 0.4) is 0 Å². The maximum absolute atomic E-state index is 12.5. The Labute approximate surface area is 151 Å². The van der Waals surface area contributed by atoms with Gasteiger partial charge in [0.2, 0.25) is 11.8 Å². The summed E-state index contributed by atoms with van der Waals surface area (Å²) in [5.41, 5.74) is 5.46. The van der Waals surface area contributed by atoms with E-state index in [1.54, 1.807) is 4.90 Å². The van der Waals surface area contributed by atoms with Crippen LogP contribution in [0.25, 0.3) is 0 Å². The van der Waals surface area contributed by atoms with Crippen molar-refractivity contribution in [2.24, 2.45) is 5.73 Å². The van der Waals surface area contributed by atoms with Gasteiger partial charge in [0.25, 0.3) is 0 Å². The van der Waals surface area contributed by atoms with Crippen molar-refractivity contribution in [3.8, 4) is 0 Å². The van der Waals surface area contributed by atoms with Crippen LogP contribution in [0.1, 0.15) is 51.4 Å². The molecule has 140 valence electrons. The topological polar surface area (TPSA) is 75.9 Å². The average Bonchev–Trinajstić information content (AvgIpc) is 2.55. The molecule has 2 amide bonds. The van der Waals surface area contributed by atoms with Gasteiger partial charge in [-0.05, 0) is 38.6 Å². The summed E-state index contributed by atoms with van der Waals surface area (Å²) in [4.78, 5) is 28.2. The third-order valence-corrected chi connectivity index (χ3v) is 4.74. The van der Waals surface area contributed by atoms with Gasteiger partial charge in [0, 0.05) is 32.7 Å². The predicted molar refractivity (Wildman–Crippen MR) is 96.1 cm³/mol. The van der Waals surface area contributed by atoms with Gasteiger partial charge in [-0.1, -0.05) is 12.8 Å². The number of nitrogens with two attached hydrogens (primary N) is 1. The lowest BCUT2D eigenvalue weighted by Gasteiger charge is -2.34. The van der Waals surface area contributed by atoms with E-state index in [0.29, 0.717) is 19.6 Å². The maximum atomic E-state index is 12.5. The summed E-state index contributed by atoms with van der Waals surface area (Å²) < 4.78 is 5.77. The summed E-state index contributed by atoms with van der Waals surface area (Å²) >= 11 is 0. The van der Waals surface area contributed by atoms with Gasteiger partial charge in [-0.3, -0.25) is 9.59 Å². The van der Waals surface area contributed by atoms with Crippen molar-refractivity contribution < 1.29 is 14.3 Å². The van der Waals surface area contributed by atoms with Crippen LogP contribution in [0.2, 0.25) is 0 Å². The van der Waals surface area contributed by atoms with Crippen molar-refractivity contribution in [3.05, 3.63) is 0 Å². The quantitative estimate of drug-likeness (QED) is 0.728. The highest BCUT2D eigenvalue weighted by atomic mass is 35.5. The second-order valence-electron chi connectivity index (χ2n) is 6.57. The Balaban J connectivity index is 0.00000288. The van der Waals surface area contributed by atoms with E-state index in [1.165, 1.54) is 0 Å². The third kappa shape index (κ3) is 6.95. The summed E-state index contributed by atoms with van der Waals surface area (Å²) in [5, 5.41) is 0. The van der Waals surface area contributed by atoms with Crippen LogP contribution in [0, 0.1) is 0 Å². The van der Waals surface area contributed by atoms with Gasteiger partial charge in [0.1, 0.15) is 0 Å².